The molecule has 0 aliphatic heterocycles. The molecule has 0 N–H and O–H groups in total. The third-order valence-electron chi connectivity index (χ3n) is 3.71. The fourth-order valence-electron chi connectivity index (χ4n) is 1.67. The van der Waals surface area contributed by atoms with Crippen molar-refractivity contribution in [2.24, 2.45) is 0 Å². The van der Waals surface area contributed by atoms with Crippen molar-refractivity contribution in [2.75, 3.05) is 0 Å². The van der Waals surface area contributed by atoms with Crippen LogP contribution < -0.4 is 0 Å². The van der Waals surface area contributed by atoms with E-state index in [1.54, 1.807) is 0 Å². The SMILES string of the molecule is C[C@H](CCCC(=O)OC(C)(C)C)O[Si](C)(C)C(C)(C)C. The fraction of sp³-hybridized carbons (Fsp3) is 0.938. The lowest BCUT2D eigenvalue weighted by Gasteiger charge is -2.38. The Morgan fingerprint density at radius 2 is 1.60 bits per heavy atom. The molecule has 0 aliphatic rings. The number of carbonyl (C=O) groups excluding carboxylic acids is 1. The van der Waals surface area contributed by atoms with Crippen molar-refractivity contribution in [3.05, 3.63) is 0 Å². The first-order valence-corrected chi connectivity index (χ1v) is 10.5. The van der Waals surface area contributed by atoms with Crippen molar-refractivity contribution in [2.45, 2.75) is 97.6 Å². The van der Waals surface area contributed by atoms with Gasteiger partial charge in [0.05, 0.1) is 0 Å². The van der Waals surface area contributed by atoms with Crippen molar-refractivity contribution in [1.82, 2.24) is 0 Å². The third-order valence-corrected chi connectivity index (χ3v) is 8.32. The molecular weight excluding hydrogens is 268 g/mol. The molecule has 0 saturated heterocycles. The predicted molar refractivity (Wildman–Crippen MR) is 87.4 cm³/mol. The van der Waals surface area contributed by atoms with Crippen LogP contribution in [0.3, 0.4) is 0 Å². The molecule has 1 atom stereocenters. The largest absolute Gasteiger partial charge is 0.460 e. The summed E-state index contributed by atoms with van der Waals surface area (Å²) in [5, 5.41) is 0.229. The van der Waals surface area contributed by atoms with E-state index in [0.29, 0.717) is 6.42 Å². The van der Waals surface area contributed by atoms with E-state index in [9.17, 15) is 4.79 Å². The molecule has 0 aromatic carbocycles. The van der Waals surface area contributed by atoms with E-state index in [4.69, 9.17) is 9.16 Å². The number of esters is 1. The van der Waals surface area contributed by atoms with E-state index in [1.165, 1.54) is 0 Å². The molecule has 0 unspecified atom stereocenters. The Morgan fingerprint density at radius 3 is 2.00 bits per heavy atom. The normalized spacial score (nSPS) is 15.1. The molecule has 120 valence electrons. The van der Waals surface area contributed by atoms with Crippen molar-refractivity contribution >= 4 is 14.3 Å². The smallest absolute Gasteiger partial charge is 0.306 e. The van der Waals surface area contributed by atoms with Crippen LogP contribution >= 0.6 is 0 Å². The minimum absolute atomic E-state index is 0.114. The summed E-state index contributed by atoms with van der Waals surface area (Å²) in [6.07, 6.45) is 2.41. The van der Waals surface area contributed by atoms with Crippen LogP contribution in [-0.2, 0) is 14.0 Å². The molecule has 0 heterocycles. The topological polar surface area (TPSA) is 35.5 Å². The first-order chi connectivity index (χ1) is 8.74. The zero-order chi connectivity index (χ0) is 16.2. The molecule has 0 aromatic rings. The summed E-state index contributed by atoms with van der Waals surface area (Å²) in [7, 11) is -1.70. The Hall–Kier alpha value is -0.353. The molecule has 0 amide bonds. The van der Waals surface area contributed by atoms with Crippen LogP contribution in [-0.4, -0.2) is 26.0 Å². The predicted octanol–water partition coefficient (Wildman–Crippen LogP) is 4.91. The highest BCUT2D eigenvalue weighted by atomic mass is 28.4. The molecule has 0 fully saturated rings. The molecule has 0 rings (SSSR count). The maximum Gasteiger partial charge on any atom is 0.306 e. The maximum absolute atomic E-state index is 11.6. The Bertz CT molecular complexity index is 311. The molecular formula is C16H34O3Si. The lowest BCUT2D eigenvalue weighted by molar-refractivity contribution is -0.155. The highest BCUT2D eigenvalue weighted by molar-refractivity contribution is 6.74. The quantitative estimate of drug-likeness (QED) is 0.516. The second kappa shape index (κ2) is 7.08. The van der Waals surface area contributed by atoms with Gasteiger partial charge in [0.15, 0.2) is 8.32 Å². The van der Waals surface area contributed by atoms with Crippen LogP contribution in [0.4, 0.5) is 0 Å². The summed E-state index contributed by atoms with van der Waals surface area (Å²) >= 11 is 0. The summed E-state index contributed by atoms with van der Waals surface area (Å²) in [5.74, 6) is -0.114. The Kier molecular flexibility index (Phi) is 6.95. The summed E-state index contributed by atoms with van der Waals surface area (Å²) in [6, 6.07) is 0. The van der Waals surface area contributed by atoms with Crippen LogP contribution in [0.15, 0.2) is 0 Å². The van der Waals surface area contributed by atoms with Gasteiger partial charge in [-0.2, -0.15) is 0 Å². The van der Waals surface area contributed by atoms with Gasteiger partial charge in [0.2, 0.25) is 0 Å². The standard InChI is InChI=1S/C16H34O3Si/c1-13(19-20(8,9)16(5,6)7)11-10-12-14(17)18-15(2,3)4/h13H,10-12H2,1-9H3/t13-/m1/s1. The van der Waals surface area contributed by atoms with Crippen LogP contribution in [0.1, 0.15) is 67.7 Å². The van der Waals surface area contributed by atoms with Gasteiger partial charge in [-0.25, -0.2) is 0 Å². The van der Waals surface area contributed by atoms with E-state index in [-0.39, 0.29) is 22.7 Å². The minimum atomic E-state index is -1.70. The molecule has 0 saturated carbocycles. The van der Waals surface area contributed by atoms with Gasteiger partial charge in [0.25, 0.3) is 0 Å². The average molecular weight is 303 g/mol. The van der Waals surface area contributed by atoms with E-state index < -0.39 is 8.32 Å². The van der Waals surface area contributed by atoms with Crippen molar-refractivity contribution < 1.29 is 14.0 Å². The molecule has 0 spiro atoms. The van der Waals surface area contributed by atoms with E-state index in [0.717, 1.165) is 12.8 Å². The Morgan fingerprint density at radius 1 is 1.10 bits per heavy atom. The third kappa shape index (κ3) is 8.05. The van der Waals surface area contributed by atoms with Gasteiger partial charge in [-0.05, 0) is 58.7 Å². The van der Waals surface area contributed by atoms with Crippen LogP contribution in [0.2, 0.25) is 18.1 Å². The van der Waals surface area contributed by atoms with Gasteiger partial charge in [0.1, 0.15) is 5.60 Å². The molecule has 0 bridgehead atoms. The number of rotatable bonds is 6. The van der Waals surface area contributed by atoms with Gasteiger partial charge in [0, 0.05) is 12.5 Å². The summed E-state index contributed by atoms with van der Waals surface area (Å²) in [6.45, 7) is 19.0. The monoisotopic (exact) mass is 302 g/mol. The molecule has 0 aliphatic carbocycles. The first-order valence-electron chi connectivity index (χ1n) is 7.64. The van der Waals surface area contributed by atoms with Gasteiger partial charge in [-0.1, -0.05) is 20.8 Å². The van der Waals surface area contributed by atoms with Crippen LogP contribution in [0.25, 0.3) is 0 Å². The van der Waals surface area contributed by atoms with Crippen LogP contribution in [0, 0.1) is 0 Å². The van der Waals surface area contributed by atoms with E-state index in [2.05, 4.69) is 40.8 Å². The van der Waals surface area contributed by atoms with Crippen LogP contribution in [0.5, 0.6) is 0 Å². The molecule has 20 heavy (non-hydrogen) atoms. The number of hydrogen-bond donors (Lipinski definition) is 0. The van der Waals surface area contributed by atoms with Crippen molar-refractivity contribution in [3.8, 4) is 0 Å². The number of carbonyl (C=O) groups is 1. The Labute approximate surface area is 126 Å². The lowest BCUT2D eigenvalue weighted by atomic mass is 10.1. The molecule has 0 aromatic heterocycles. The molecule has 4 heteroatoms. The highest BCUT2D eigenvalue weighted by Gasteiger charge is 2.38. The zero-order valence-electron chi connectivity index (χ0n) is 14.9. The first kappa shape index (κ1) is 19.6. The number of hydrogen-bond acceptors (Lipinski definition) is 3. The van der Waals surface area contributed by atoms with Gasteiger partial charge < -0.3 is 9.16 Å². The highest BCUT2D eigenvalue weighted by Crippen LogP contribution is 2.37. The Balaban J connectivity index is 4.07. The second-order valence-electron chi connectivity index (χ2n) is 8.17. The number of ether oxygens (including phenoxy) is 1. The van der Waals surface area contributed by atoms with E-state index in [1.807, 2.05) is 20.8 Å². The van der Waals surface area contributed by atoms with Gasteiger partial charge in [-0.15, -0.1) is 0 Å². The fourth-order valence-corrected chi connectivity index (χ4v) is 3.14. The average Bonchev–Trinajstić information content (AvgIpc) is 2.11. The zero-order valence-corrected chi connectivity index (χ0v) is 15.9. The summed E-state index contributed by atoms with van der Waals surface area (Å²) < 4.78 is 11.6. The lowest BCUT2D eigenvalue weighted by Crippen LogP contribution is -2.43. The second-order valence-corrected chi connectivity index (χ2v) is 12.9. The maximum atomic E-state index is 11.6. The molecule has 3 nitrogen and oxygen atoms in total. The summed E-state index contributed by atoms with van der Waals surface area (Å²) in [4.78, 5) is 11.6. The molecule has 0 radical (unpaired) electrons. The van der Waals surface area contributed by atoms with E-state index >= 15 is 0 Å². The minimum Gasteiger partial charge on any atom is -0.460 e. The van der Waals surface area contributed by atoms with Gasteiger partial charge >= 0.3 is 5.97 Å². The van der Waals surface area contributed by atoms with Crippen molar-refractivity contribution in [3.63, 3.8) is 0 Å². The van der Waals surface area contributed by atoms with Gasteiger partial charge in [-0.3, -0.25) is 4.79 Å². The summed E-state index contributed by atoms with van der Waals surface area (Å²) in [5.41, 5.74) is -0.389. The van der Waals surface area contributed by atoms with Crippen molar-refractivity contribution in [1.29, 1.82) is 0 Å².